The van der Waals surface area contributed by atoms with E-state index < -0.39 is 11.7 Å². The quantitative estimate of drug-likeness (QED) is 0.812. The summed E-state index contributed by atoms with van der Waals surface area (Å²) in [7, 11) is 0. The van der Waals surface area contributed by atoms with Crippen LogP contribution in [0.4, 0.5) is 9.18 Å². The zero-order valence-electron chi connectivity index (χ0n) is 14.9. The van der Waals surface area contributed by atoms with Crippen LogP contribution in [0.3, 0.4) is 0 Å². The molecule has 1 saturated heterocycles. The number of carbonyl (C=O) groups excluding carboxylic acids is 1. The number of carbonyl (C=O) groups is 1. The van der Waals surface area contributed by atoms with E-state index in [0.717, 1.165) is 12.8 Å². The van der Waals surface area contributed by atoms with Crippen molar-refractivity contribution in [2.24, 2.45) is 0 Å². The van der Waals surface area contributed by atoms with Gasteiger partial charge in [-0.2, -0.15) is 4.98 Å². The van der Waals surface area contributed by atoms with Crippen LogP contribution in [-0.4, -0.2) is 33.3 Å². The van der Waals surface area contributed by atoms with Crippen molar-refractivity contribution in [2.45, 2.75) is 52.2 Å². The fraction of sp³-hybridized carbons (Fsp3) is 0.500. The van der Waals surface area contributed by atoms with Gasteiger partial charge >= 0.3 is 6.09 Å². The summed E-state index contributed by atoms with van der Waals surface area (Å²) in [5.74, 6) is 0.352. The Labute approximate surface area is 146 Å². The normalized spacial score (nSPS) is 17.8. The first-order valence-electron chi connectivity index (χ1n) is 8.35. The van der Waals surface area contributed by atoms with Gasteiger partial charge in [-0.25, -0.2) is 9.18 Å². The number of ether oxygens (including phenoxy) is 1. The molecule has 25 heavy (non-hydrogen) atoms. The lowest BCUT2D eigenvalue weighted by atomic mass is 10.1. The first-order valence-corrected chi connectivity index (χ1v) is 8.35. The Morgan fingerprint density at radius 1 is 1.40 bits per heavy atom. The van der Waals surface area contributed by atoms with Gasteiger partial charge in [0.1, 0.15) is 17.5 Å². The van der Waals surface area contributed by atoms with Crippen LogP contribution >= 0.6 is 0 Å². The van der Waals surface area contributed by atoms with E-state index in [1.807, 2.05) is 20.8 Å². The average Bonchev–Trinajstić information content (AvgIpc) is 3.16. The van der Waals surface area contributed by atoms with Crippen molar-refractivity contribution in [3.8, 4) is 11.4 Å². The molecule has 1 aromatic heterocycles. The molecular weight excluding hydrogens is 325 g/mol. The molecule has 1 amide bonds. The highest BCUT2D eigenvalue weighted by atomic mass is 19.1. The molecule has 7 heteroatoms. The van der Waals surface area contributed by atoms with Gasteiger partial charge in [0.25, 0.3) is 0 Å². The topological polar surface area (TPSA) is 68.5 Å². The van der Waals surface area contributed by atoms with E-state index in [1.165, 1.54) is 6.07 Å². The van der Waals surface area contributed by atoms with E-state index >= 15 is 0 Å². The summed E-state index contributed by atoms with van der Waals surface area (Å²) in [4.78, 5) is 18.4. The molecule has 6 nitrogen and oxygen atoms in total. The Hall–Kier alpha value is -2.44. The maximum Gasteiger partial charge on any atom is 0.410 e. The molecule has 2 aromatic rings. The van der Waals surface area contributed by atoms with Gasteiger partial charge in [-0.15, -0.1) is 0 Å². The van der Waals surface area contributed by atoms with E-state index in [-0.39, 0.29) is 11.9 Å². The number of hydrogen-bond acceptors (Lipinski definition) is 5. The van der Waals surface area contributed by atoms with Crippen molar-refractivity contribution >= 4 is 6.09 Å². The molecular formula is C18H22FN3O3. The Morgan fingerprint density at radius 3 is 2.88 bits per heavy atom. The van der Waals surface area contributed by atoms with E-state index in [4.69, 9.17) is 9.26 Å². The van der Waals surface area contributed by atoms with E-state index in [9.17, 15) is 9.18 Å². The van der Waals surface area contributed by atoms with Gasteiger partial charge in [-0.3, -0.25) is 4.90 Å². The first-order chi connectivity index (χ1) is 11.8. The van der Waals surface area contributed by atoms with Crippen LogP contribution in [0.25, 0.3) is 11.4 Å². The average molecular weight is 347 g/mol. The van der Waals surface area contributed by atoms with Crippen LogP contribution in [0, 0.1) is 12.7 Å². The summed E-state index contributed by atoms with van der Waals surface area (Å²) in [5.41, 5.74) is 0.477. The lowest BCUT2D eigenvalue weighted by Gasteiger charge is -2.26. The third-order valence-electron chi connectivity index (χ3n) is 4.12. The van der Waals surface area contributed by atoms with Gasteiger partial charge in [0, 0.05) is 12.1 Å². The summed E-state index contributed by atoms with van der Waals surface area (Å²) < 4.78 is 24.6. The molecule has 3 rings (SSSR count). The zero-order chi connectivity index (χ0) is 18.2. The summed E-state index contributed by atoms with van der Waals surface area (Å²) in [6.45, 7) is 7.73. The Morgan fingerprint density at radius 2 is 2.16 bits per heavy atom. The van der Waals surface area contributed by atoms with Crippen LogP contribution in [-0.2, 0) is 4.74 Å². The first kappa shape index (κ1) is 17.4. The number of nitrogens with zero attached hydrogens (tertiary/aromatic N) is 3. The number of rotatable bonds is 2. The summed E-state index contributed by atoms with van der Waals surface area (Å²) in [6.07, 6.45) is 1.17. The smallest absolute Gasteiger partial charge is 0.410 e. The van der Waals surface area contributed by atoms with E-state index in [1.54, 1.807) is 24.0 Å². The van der Waals surface area contributed by atoms with Crippen molar-refractivity contribution in [1.29, 1.82) is 0 Å². The van der Waals surface area contributed by atoms with Crippen molar-refractivity contribution in [1.82, 2.24) is 15.0 Å². The third kappa shape index (κ3) is 3.65. The Kier molecular flexibility index (Phi) is 4.49. The lowest BCUT2D eigenvalue weighted by molar-refractivity contribution is 0.0199. The second-order valence-electron chi connectivity index (χ2n) is 7.20. The van der Waals surface area contributed by atoms with Crippen LogP contribution in [0.15, 0.2) is 22.7 Å². The minimum atomic E-state index is -0.567. The van der Waals surface area contributed by atoms with Crippen molar-refractivity contribution in [3.05, 3.63) is 35.5 Å². The molecule has 0 N–H and O–H groups in total. The molecule has 1 unspecified atom stereocenters. The second kappa shape index (κ2) is 6.46. The van der Waals surface area contributed by atoms with Gasteiger partial charge in [-0.1, -0.05) is 17.3 Å². The molecule has 1 atom stereocenters. The molecule has 0 aliphatic carbocycles. The molecule has 1 aromatic carbocycles. The van der Waals surface area contributed by atoms with Gasteiger partial charge in [0.2, 0.25) is 11.7 Å². The third-order valence-corrected chi connectivity index (χ3v) is 4.12. The van der Waals surface area contributed by atoms with Crippen molar-refractivity contribution in [3.63, 3.8) is 0 Å². The minimum Gasteiger partial charge on any atom is -0.444 e. The lowest BCUT2D eigenvalue weighted by Crippen LogP contribution is -2.36. The minimum absolute atomic E-state index is 0.315. The molecule has 1 aliphatic rings. The highest BCUT2D eigenvalue weighted by Crippen LogP contribution is 2.33. The largest absolute Gasteiger partial charge is 0.444 e. The number of halogens is 1. The predicted molar refractivity (Wildman–Crippen MR) is 89.3 cm³/mol. The molecule has 2 heterocycles. The van der Waals surface area contributed by atoms with Gasteiger partial charge in [0.15, 0.2) is 0 Å². The summed E-state index contributed by atoms with van der Waals surface area (Å²) >= 11 is 0. The molecule has 0 saturated carbocycles. The standard InChI is InChI=1S/C18H22FN3O3/c1-11-12(7-5-8-13(11)19)15-20-16(25-21-15)14-9-6-10-22(14)17(23)24-18(2,3)4/h5,7-8,14H,6,9-10H2,1-4H3. The van der Waals surface area contributed by atoms with Crippen LogP contribution in [0.1, 0.15) is 51.1 Å². The van der Waals surface area contributed by atoms with Crippen LogP contribution in [0.2, 0.25) is 0 Å². The summed E-state index contributed by atoms with van der Waals surface area (Å²) in [5, 5.41) is 3.97. The summed E-state index contributed by atoms with van der Waals surface area (Å²) in [6, 6.07) is 4.43. The monoisotopic (exact) mass is 347 g/mol. The number of aromatic nitrogens is 2. The fourth-order valence-electron chi connectivity index (χ4n) is 2.89. The highest BCUT2D eigenvalue weighted by Gasteiger charge is 2.36. The van der Waals surface area contributed by atoms with E-state index in [2.05, 4.69) is 10.1 Å². The number of hydrogen-bond donors (Lipinski definition) is 0. The molecule has 0 spiro atoms. The van der Waals surface area contributed by atoms with Crippen molar-refractivity contribution in [2.75, 3.05) is 6.54 Å². The predicted octanol–water partition coefficient (Wildman–Crippen LogP) is 4.26. The van der Waals surface area contributed by atoms with Crippen LogP contribution < -0.4 is 0 Å². The van der Waals surface area contributed by atoms with Crippen LogP contribution in [0.5, 0.6) is 0 Å². The van der Waals surface area contributed by atoms with Gasteiger partial charge in [-0.05, 0) is 52.2 Å². The van der Waals surface area contributed by atoms with Gasteiger partial charge < -0.3 is 9.26 Å². The Bertz CT molecular complexity index is 782. The highest BCUT2D eigenvalue weighted by molar-refractivity contribution is 5.69. The number of benzene rings is 1. The molecule has 0 bridgehead atoms. The maximum atomic E-state index is 13.7. The Balaban J connectivity index is 1.84. The zero-order valence-corrected chi connectivity index (χ0v) is 14.9. The molecule has 1 aliphatic heterocycles. The van der Waals surface area contributed by atoms with Gasteiger partial charge in [0.05, 0.1) is 0 Å². The maximum absolute atomic E-state index is 13.7. The van der Waals surface area contributed by atoms with Crippen molar-refractivity contribution < 1.29 is 18.4 Å². The second-order valence-corrected chi connectivity index (χ2v) is 7.20. The number of amides is 1. The number of likely N-dealkylation sites (tertiary alicyclic amines) is 1. The van der Waals surface area contributed by atoms with E-state index in [0.29, 0.717) is 29.4 Å². The molecule has 1 fully saturated rings. The molecule has 134 valence electrons. The fourth-order valence-corrected chi connectivity index (χ4v) is 2.89. The molecule has 0 radical (unpaired) electrons. The SMILES string of the molecule is Cc1c(F)cccc1-c1noc(C2CCCN2C(=O)OC(C)(C)C)n1.